The highest BCUT2D eigenvalue weighted by Gasteiger charge is 2.20. The number of benzene rings is 1. The molecule has 0 saturated carbocycles. The van der Waals surface area contributed by atoms with Gasteiger partial charge in [-0.25, -0.2) is 14.4 Å². The predicted molar refractivity (Wildman–Crippen MR) is 117 cm³/mol. The molecule has 8 heteroatoms. The maximum Gasteiger partial charge on any atom is 0.191 e. The van der Waals surface area contributed by atoms with Crippen molar-refractivity contribution < 1.29 is 4.39 Å². The third-order valence-corrected chi connectivity index (χ3v) is 5.87. The Morgan fingerprint density at radius 2 is 1.80 bits per heavy atom. The fraction of sp³-hybridized carbons (Fsp3) is 0.136. The highest BCUT2D eigenvalue weighted by Crippen LogP contribution is 2.33. The molecule has 0 atom stereocenters. The average molecular weight is 419 g/mol. The van der Waals surface area contributed by atoms with Crippen molar-refractivity contribution in [3.05, 3.63) is 77.8 Å². The highest BCUT2D eigenvalue weighted by atomic mass is 32.1. The topological polar surface area (TPSA) is 51.3 Å². The molecule has 4 heterocycles. The second-order valence-electron chi connectivity index (χ2n) is 6.87. The van der Waals surface area contributed by atoms with Crippen LogP contribution < -0.4 is 4.90 Å². The minimum atomic E-state index is -0.255. The monoisotopic (exact) mass is 418 g/mol. The lowest BCUT2D eigenvalue weighted by atomic mass is 10.2. The summed E-state index contributed by atoms with van der Waals surface area (Å²) in [5, 5.41) is 7.62. The van der Waals surface area contributed by atoms with Gasteiger partial charge in [-0.15, -0.1) is 16.4 Å². The van der Waals surface area contributed by atoms with E-state index in [4.69, 9.17) is 15.1 Å². The van der Waals surface area contributed by atoms with Crippen LogP contribution in [0, 0.1) is 5.82 Å². The molecule has 5 aromatic rings. The van der Waals surface area contributed by atoms with Crippen LogP contribution in [0.4, 0.5) is 15.3 Å². The van der Waals surface area contributed by atoms with Gasteiger partial charge in [-0.3, -0.25) is 0 Å². The Morgan fingerprint density at radius 3 is 2.53 bits per heavy atom. The summed E-state index contributed by atoms with van der Waals surface area (Å²) in [6.07, 6.45) is 4.70. The number of aryl methyl sites for hydroxylation is 1. The van der Waals surface area contributed by atoms with Crippen LogP contribution in [0.25, 0.3) is 22.7 Å². The van der Waals surface area contributed by atoms with Gasteiger partial charge in [-0.1, -0.05) is 6.92 Å². The zero-order valence-corrected chi connectivity index (χ0v) is 17.3. The minimum Gasteiger partial charge on any atom is -0.307 e. The molecule has 0 N–H and O–H groups in total. The van der Waals surface area contributed by atoms with E-state index in [9.17, 15) is 4.39 Å². The van der Waals surface area contributed by atoms with E-state index in [-0.39, 0.29) is 5.82 Å². The van der Waals surface area contributed by atoms with Gasteiger partial charge in [0.2, 0.25) is 0 Å². The molecule has 0 amide bonds. The zero-order valence-electron chi connectivity index (χ0n) is 16.5. The summed E-state index contributed by atoms with van der Waals surface area (Å²) in [5.74, 6) is 1.45. The lowest BCUT2D eigenvalue weighted by Gasteiger charge is -2.16. The third-order valence-electron chi connectivity index (χ3n) is 4.95. The quantitative estimate of drug-likeness (QED) is 0.398. The number of halogens is 1. The number of aromatic nitrogens is 5. The normalized spacial score (nSPS) is 11.3. The van der Waals surface area contributed by atoms with Gasteiger partial charge in [0, 0.05) is 30.4 Å². The fourth-order valence-electron chi connectivity index (χ4n) is 3.42. The van der Waals surface area contributed by atoms with Crippen LogP contribution in [0.1, 0.15) is 12.6 Å². The van der Waals surface area contributed by atoms with Crippen molar-refractivity contribution in [1.29, 1.82) is 0 Å². The molecule has 0 unspecified atom stereocenters. The predicted octanol–water partition coefficient (Wildman–Crippen LogP) is 5.11. The Hall–Kier alpha value is -3.52. The smallest absolute Gasteiger partial charge is 0.191 e. The highest BCUT2D eigenvalue weighted by molar-refractivity contribution is 7.14. The van der Waals surface area contributed by atoms with Crippen LogP contribution in [0.5, 0.6) is 0 Å². The van der Waals surface area contributed by atoms with E-state index in [0.29, 0.717) is 0 Å². The molecule has 30 heavy (non-hydrogen) atoms. The second-order valence-corrected chi connectivity index (χ2v) is 7.71. The SMILES string of the molecule is CCc1nc2ccc(-n3cccc3)nn2c1N(C)c1nc(-c2ccc(F)cc2)cs1. The van der Waals surface area contributed by atoms with Gasteiger partial charge >= 0.3 is 0 Å². The molecule has 0 aliphatic heterocycles. The Morgan fingerprint density at radius 1 is 1.03 bits per heavy atom. The molecule has 6 nitrogen and oxygen atoms in total. The van der Waals surface area contributed by atoms with Gasteiger partial charge < -0.3 is 9.47 Å². The van der Waals surface area contributed by atoms with Crippen LogP contribution in [-0.2, 0) is 6.42 Å². The van der Waals surface area contributed by atoms with Gasteiger partial charge in [0.1, 0.15) is 5.82 Å². The molecule has 5 rings (SSSR count). The van der Waals surface area contributed by atoms with Gasteiger partial charge in [0.25, 0.3) is 0 Å². The van der Waals surface area contributed by atoms with E-state index in [2.05, 4.69) is 6.92 Å². The van der Waals surface area contributed by atoms with Crippen molar-refractivity contribution >= 4 is 27.9 Å². The molecule has 0 aliphatic carbocycles. The maximum absolute atomic E-state index is 13.2. The van der Waals surface area contributed by atoms with E-state index in [0.717, 1.165) is 45.8 Å². The lowest BCUT2D eigenvalue weighted by molar-refractivity contribution is 0.628. The van der Waals surface area contributed by atoms with E-state index in [1.54, 1.807) is 12.1 Å². The summed E-state index contributed by atoms with van der Waals surface area (Å²) in [7, 11) is 1.97. The minimum absolute atomic E-state index is 0.255. The van der Waals surface area contributed by atoms with Crippen molar-refractivity contribution in [2.75, 3.05) is 11.9 Å². The first-order chi connectivity index (χ1) is 14.6. The van der Waals surface area contributed by atoms with Crippen LogP contribution in [-0.4, -0.2) is 31.2 Å². The fourth-order valence-corrected chi connectivity index (χ4v) is 4.22. The summed E-state index contributed by atoms with van der Waals surface area (Å²) in [6, 6.07) is 14.3. The first kappa shape index (κ1) is 18.5. The number of rotatable bonds is 5. The Bertz CT molecular complexity index is 1300. The van der Waals surface area contributed by atoms with Gasteiger partial charge in [-0.2, -0.15) is 4.52 Å². The molecule has 0 fully saturated rings. The Balaban J connectivity index is 1.58. The third kappa shape index (κ3) is 3.15. The van der Waals surface area contributed by atoms with E-state index in [1.807, 2.05) is 63.1 Å². The maximum atomic E-state index is 13.2. The standard InChI is InChI=1S/C22H19FN6S/c1-3-17-21(29-19(24-17)10-11-20(26-29)28-12-4-5-13-28)27(2)22-25-18(14-30-22)15-6-8-16(23)9-7-15/h4-14H,3H2,1-2H3. The molecular formula is C22H19FN6S. The van der Waals surface area contributed by atoms with E-state index < -0.39 is 0 Å². The second kappa shape index (κ2) is 7.38. The number of hydrogen-bond donors (Lipinski definition) is 0. The van der Waals surface area contributed by atoms with Gasteiger partial charge in [0.05, 0.1) is 11.4 Å². The van der Waals surface area contributed by atoms with Gasteiger partial charge in [-0.05, 0) is 55.0 Å². The molecule has 150 valence electrons. The van der Waals surface area contributed by atoms with Crippen LogP contribution >= 0.6 is 11.3 Å². The number of fused-ring (bicyclic) bond motifs is 1. The van der Waals surface area contributed by atoms with Crippen LogP contribution in [0.2, 0.25) is 0 Å². The van der Waals surface area contributed by atoms with Crippen molar-refractivity contribution in [2.45, 2.75) is 13.3 Å². The zero-order chi connectivity index (χ0) is 20.7. The lowest BCUT2D eigenvalue weighted by Crippen LogP contribution is -2.15. The summed E-state index contributed by atoms with van der Waals surface area (Å²) >= 11 is 1.53. The molecular weight excluding hydrogens is 399 g/mol. The summed E-state index contributed by atoms with van der Waals surface area (Å²) < 4.78 is 17.1. The molecule has 0 aliphatic rings. The first-order valence-corrected chi connectivity index (χ1v) is 10.5. The Labute approximate surface area is 176 Å². The number of anilines is 2. The molecule has 1 aromatic carbocycles. The number of imidazole rings is 1. The van der Waals surface area contributed by atoms with E-state index in [1.165, 1.54) is 23.5 Å². The van der Waals surface area contributed by atoms with Crippen molar-refractivity contribution in [1.82, 2.24) is 24.1 Å². The summed E-state index contributed by atoms with van der Waals surface area (Å²) in [5.41, 5.74) is 3.44. The molecule has 4 aromatic heterocycles. The van der Waals surface area contributed by atoms with Crippen LogP contribution in [0.3, 0.4) is 0 Å². The molecule has 0 bridgehead atoms. The number of nitrogens with zero attached hydrogens (tertiary/aromatic N) is 6. The van der Waals surface area contributed by atoms with Gasteiger partial charge in [0.15, 0.2) is 22.4 Å². The average Bonchev–Trinajstić information content (AvgIpc) is 3.52. The van der Waals surface area contributed by atoms with Crippen molar-refractivity contribution in [3.63, 3.8) is 0 Å². The first-order valence-electron chi connectivity index (χ1n) is 9.61. The number of thiazole rings is 1. The van der Waals surface area contributed by atoms with Crippen LogP contribution in [0.15, 0.2) is 66.3 Å². The Kier molecular flexibility index (Phi) is 4.55. The van der Waals surface area contributed by atoms with E-state index >= 15 is 0 Å². The van der Waals surface area contributed by atoms with Crippen molar-refractivity contribution in [2.24, 2.45) is 0 Å². The molecule has 0 spiro atoms. The molecule has 0 saturated heterocycles. The largest absolute Gasteiger partial charge is 0.307 e. The summed E-state index contributed by atoms with van der Waals surface area (Å²) in [6.45, 7) is 2.08. The van der Waals surface area contributed by atoms with Crippen molar-refractivity contribution in [3.8, 4) is 17.1 Å². The molecule has 0 radical (unpaired) electrons. The summed E-state index contributed by atoms with van der Waals surface area (Å²) in [4.78, 5) is 11.5. The number of hydrogen-bond acceptors (Lipinski definition) is 5.